The molecule has 0 heterocycles. The van der Waals surface area contributed by atoms with Crippen molar-refractivity contribution in [2.45, 2.75) is 64.9 Å². The van der Waals surface area contributed by atoms with Crippen molar-refractivity contribution in [1.82, 2.24) is 0 Å². The maximum absolute atomic E-state index is 10.5. The molecule has 1 atom stereocenters. The smallest absolute Gasteiger partial charge is 0.0818 e. The lowest BCUT2D eigenvalue weighted by Crippen LogP contribution is -2.20. The van der Waals surface area contributed by atoms with Crippen molar-refractivity contribution in [2.75, 3.05) is 0 Å². The summed E-state index contributed by atoms with van der Waals surface area (Å²) in [5.74, 6) is 1.39. The second-order valence-electron chi connectivity index (χ2n) is 6.28. The molecule has 1 nitrogen and oxygen atoms in total. The van der Waals surface area contributed by atoms with Gasteiger partial charge in [-0.05, 0) is 37.2 Å². The summed E-state index contributed by atoms with van der Waals surface area (Å²) in [5.41, 5.74) is 2.35. The first kappa shape index (κ1) is 14.6. The number of unbranched alkanes of at least 4 members (excludes halogenated alkanes) is 1. The van der Waals surface area contributed by atoms with Crippen molar-refractivity contribution >= 4 is 0 Å². The lowest BCUT2D eigenvalue weighted by atomic mass is 9.76. The lowest BCUT2D eigenvalue weighted by molar-refractivity contribution is 0.0720. The zero-order chi connectivity index (χ0) is 13.7. The van der Waals surface area contributed by atoms with Crippen LogP contribution in [0, 0.1) is 18.8 Å². The van der Waals surface area contributed by atoms with Crippen molar-refractivity contribution in [2.24, 2.45) is 11.8 Å². The lowest BCUT2D eigenvalue weighted by Gasteiger charge is -2.31. The molecule has 0 amide bonds. The number of hydrogen-bond donors (Lipinski definition) is 1. The highest BCUT2D eigenvalue weighted by Crippen LogP contribution is 2.38. The molecule has 1 N–H and O–H groups in total. The maximum Gasteiger partial charge on any atom is 0.0818 e. The van der Waals surface area contributed by atoms with Crippen LogP contribution in [0.15, 0.2) is 24.3 Å². The van der Waals surface area contributed by atoms with E-state index in [4.69, 9.17) is 0 Å². The topological polar surface area (TPSA) is 20.2 Å². The van der Waals surface area contributed by atoms with Gasteiger partial charge in [-0.2, -0.15) is 0 Å². The number of hydrogen-bond acceptors (Lipinski definition) is 1. The normalized spacial score (nSPS) is 25.2. The van der Waals surface area contributed by atoms with Gasteiger partial charge in [-0.25, -0.2) is 0 Å². The van der Waals surface area contributed by atoms with Crippen LogP contribution in [0.1, 0.15) is 69.1 Å². The average Bonchev–Trinajstić information content (AvgIpc) is 2.45. The number of aryl methyl sites for hydroxylation is 1. The molecule has 1 unspecified atom stereocenters. The van der Waals surface area contributed by atoms with E-state index in [1.54, 1.807) is 0 Å². The fourth-order valence-corrected chi connectivity index (χ4v) is 3.41. The molecule has 0 aliphatic heterocycles. The second kappa shape index (κ2) is 7.09. The van der Waals surface area contributed by atoms with Crippen LogP contribution in [0.3, 0.4) is 0 Å². The molecule has 19 heavy (non-hydrogen) atoms. The van der Waals surface area contributed by atoms with E-state index in [0.717, 1.165) is 11.5 Å². The van der Waals surface area contributed by atoms with Crippen LogP contribution in [0.25, 0.3) is 0 Å². The standard InChI is InChI=1S/C18H28O/c1-3-4-7-15-9-11-16(12-10-15)18(19)17-8-5-6-14(2)13-17/h5-6,8,13,15-16,18-19H,3-4,7,9-12H2,1-2H3. The third-order valence-electron chi connectivity index (χ3n) is 4.69. The van der Waals surface area contributed by atoms with Gasteiger partial charge in [-0.15, -0.1) is 0 Å². The van der Waals surface area contributed by atoms with E-state index >= 15 is 0 Å². The molecule has 1 fully saturated rings. The summed E-state index contributed by atoms with van der Waals surface area (Å²) in [6.07, 6.45) is 8.84. The van der Waals surface area contributed by atoms with Crippen LogP contribution in [-0.2, 0) is 0 Å². The predicted octanol–water partition coefficient (Wildman–Crippen LogP) is 5.03. The third kappa shape index (κ3) is 4.07. The Labute approximate surface area is 118 Å². The summed E-state index contributed by atoms with van der Waals surface area (Å²) in [7, 11) is 0. The van der Waals surface area contributed by atoms with E-state index in [1.165, 1.54) is 50.5 Å². The van der Waals surface area contributed by atoms with E-state index in [9.17, 15) is 5.11 Å². The van der Waals surface area contributed by atoms with Crippen molar-refractivity contribution in [1.29, 1.82) is 0 Å². The third-order valence-corrected chi connectivity index (χ3v) is 4.69. The van der Waals surface area contributed by atoms with Crippen molar-refractivity contribution in [3.63, 3.8) is 0 Å². The average molecular weight is 260 g/mol. The molecule has 1 heteroatoms. The molecule has 0 saturated heterocycles. The van der Waals surface area contributed by atoms with Crippen LogP contribution in [0.4, 0.5) is 0 Å². The van der Waals surface area contributed by atoms with E-state index in [0.29, 0.717) is 5.92 Å². The largest absolute Gasteiger partial charge is 0.388 e. The molecule has 1 aliphatic rings. The van der Waals surface area contributed by atoms with E-state index < -0.39 is 0 Å². The fraction of sp³-hybridized carbons (Fsp3) is 0.667. The minimum absolute atomic E-state index is 0.257. The van der Waals surface area contributed by atoms with Crippen LogP contribution in [0.2, 0.25) is 0 Å². The van der Waals surface area contributed by atoms with Crippen molar-refractivity contribution < 1.29 is 5.11 Å². The predicted molar refractivity (Wildman–Crippen MR) is 81.1 cm³/mol. The van der Waals surface area contributed by atoms with E-state index in [2.05, 4.69) is 38.1 Å². The highest BCUT2D eigenvalue weighted by molar-refractivity contribution is 5.24. The zero-order valence-electron chi connectivity index (χ0n) is 12.4. The molecule has 2 rings (SSSR count). The molecule has 106 valence electrons. The van der Waals surface area contributed by atoms with Crippen LogP contribution < -0.4 is 0 Å². The first-order chi connectivity index (χ1) is 9.20. The van der Waals surface area contributed by atoms with E-state index in [-0.39, 0.29) is 6.10 Å². The molecule has 1 aliphatic carbocycles. The van der Waals surface area contributed by atoms with Crippen LogP contribution in [0.5, 0.6) is 0 Å². The van der Waals surface area contributed by atoms with Crippen molar-refractivity contribution in [3.05, 3.63) is 35.4 Å². The van der Waals surface area contributed by atoms with Gasteiger partial charge in [0.25, 0.3) is 0 Å². The summed E-state index contributed by atoms with van der Waals surface area (Å²) in [5, 5.41) is 10.5. The zero-order valence-corrected chi connectivity index (χ0v) is 12.4. The molecule has 0 aromatic heterocycles. The summed E-state index contributed by atoms with van der Waals surface area (Å²) in [6, 6.07) is 8.35. The van der Waals surface area contributed by atoms with Gasteiger partial charge < -0.3 is 5.11 Å². The first-order valence-corrected chi connectivity index (χ1v) is 7.95. The quantitative estimate of drug-likeness (QED) is 0.787. The highest BCUT2D eigenvalue weighted by atomic mass is 16.3. The van der Waals surface area contributed by atoms with Gasteiger partial charge >= 0.3 is 0 Å². The molecule has 1 aromatic rings. The van der Waals surface area contributed by atoms with E-state index in [1.807, 2.05) is 0 Å². The summed E-state index contributed by atoms with van der Waals surface area (Å²) < 4.78 is 0. The molecular formula is C18H28O. The Bertz CT molecular complexity index is 377. The highest BCUT2D eigenvalue weighted by Gasteiger charge is 2.26. The Morgan fingerprint density at radius 2 is 1.95 bits per heavy atom. The van der Waals surface area contributed by atoms with Gasteiger partial charge in [-0.3, -0.25) is 0 Å². The van der Waals surface area contributed by atoms with Gasteiger partial charge in [0, 0.05) is 0 Å². The Morgan fingerprint density at radius 1 is 1.21 bits per heavy atom. The second-order valence-corrected chi connectivity index (χ2v) is 6.28. The molecule has 0 radical (unpaired) electrons. The Kier molecular flexibility index (Phi) is 5.45. The SMILES string of the molecule is CCCCC1CCC(C(O)c2cccc(C)c2)CC1. The summed E-state index contributed by atoms with van der Waals surface area (Å²) in [6.45, 7) is 4.37. The summed E-state index contributed by atoms with van der Waals surface area (Å²) in [4.78, 5) is 0. The molecule has 0 spiro atoms. The van der Waals surface area contributed by atoms with Crippen molar-refractivity contribution in [3.8, 4) is 0 Å². The number of benzene rings is 1. The molecule has 1 aromatic carbocycles. The van der Waals surface area contributed by atoms with Gasteiger partial charge in [0.1, 0.15) is 0 Å². The van der Waals surface area contributed by atoms with Crippen LogP contribution in [-0.4, -0.2) is 5.11 Å². The molecule has 0 bridgehead atoms. The Morgan fingerprint density at radius 3 is 2.58 bits per heavy atom. The maximum atomic E-state index is 10.5. The monoisotopic (exact) mass is 260 g/mol. The van der Waals surface area contributed by atoms with Gasteiger partial charge in [0.05, 0.1) is 6.10 Å². The minimum atomic E-state index is -0.257. The first-order valence-electron chi connectivity index (χ1n) is 7.95. The van der Waals surface area contributed by atoms with Gasteiger partial charge in [-0.1, -0.05) is 68.9 Å². The minimum Gasteiger partial charge on any atom is -0.388 e. The van der Waals surface area contributed by atoms with Gasteiger partial charge in [0.2, 0.25) is 0 Å². The summed E-state index contributed by atoms with van der Waals surface area (Å²) >= 11 is 0. The number of aliphatic hydroxyl groups is 1. The Hall–Kier alpha value is -0.820. The fourth-order valence-electron chi connectivity index (χ4n) is 3.41. The number of aliphatic hydroxyl groups excluding tert-OH is 1. The molecular weight excluding hydrogens is 232 g/mol. The number of rotatable bonds is 5. The van der Waals surface area contributed by atoms with Gasteiger partial charge in [0.15, 0.2) is 0 Å². The van der Waals surface area contributed by atoms with Crippen LogP contribution >= 0.6 is 0 Å². The Balaban J connectivity index is 1.87. The molecule has 1 saturated carbocycles.